The van der Waals surface area contributed by atoms with Gasteiger partial charge in [0, 0.05) is 6.54 Å². The zero-order chi connectivity index (χ0) is 11.7. The smallest absolute Gasteiger partial charge is 0.119 e. The maximum atomic E-state index is 9.38. The topological polar surface area (TPSA) is 55.5 Å². The van der Waals surface area contributed by atoms with Gasteiger partial charge in [0.25, 0.3) is 0 Å². The molecule has 86 valence electrons. The Bertz CT molecular complexity index is 246. The van der Waals surface area contributed by atoms with Crippen LogP contribution >= 0.6 is 0 Å². The summed E-state index contributed by atoms with van der Waals surface area (Å²) in [7, 11) is 0. The number of ether oxygens (including phenoxy) is 1. The molecule has 1 atom stereocenters. The fraction of sp³-hybridized carbons (Fsp3) is 0.500. The van der Waals surface area contributed by atoms with Crippen molar-refractivity contribution in [2.75, 3.05) is 13.2 Å². The summed E-state index contributed by atoms with van der Waals surface area (Å²) >= 11 is 0. The van der Waals surface area contributed by atoms with Crippen molar-refractivity contribution in [3.05, 3.63) is 29.8 Å². The van der Waals surface area contributed by atoms with Gasteiger partial charge in [0.2, 0.25) is 0 Å². The first-order chi connectivity index (χ1) is 7.27. The molecule has 0 spiro atoms. The van der Waals surface area contributed by atoms with Crippen molar-refractivity contribution >= 4 is 0 Å². The van der Waals surface area contributed by atoms with Gasteiger partial charge in [-0.2, -0.15) is 0 Å². The van der Waals surface area contributed by atoms with Crippen LogP contribution in [0.2, 0.25) is 0 Å². The van der Waals surface area contributed by atoms with E-state index in [1.54, 1.807) is 0 Å². The molecule has 0 aliphatic carbocycles. The lowest BCUT2D eigenvalue weighted by atomic mass is 10.1. The summed E-state index contributed by atoms with van der Waals surface area (Å²) in [5.41, 5.74) is 6.14. The molecule has 1 aromatic rings. The molecule has 0 aliphatic heterocycles. The molecule has 3 N–H and O–H groups in total. The fourth-order valence-electron chi connectivity index (χ4n) is 1.09. The first-order valence-electron chi connectivity index (χ1n) is 5.38. The highest BCUT2D eigenvalue weighted by Gasteiger charge is 2.03. The number of aliphatic hydroxyl groups is 1. The van der Waals surface area contributed by atoms with Crippen molar-refractivity contribution in [3.8, 4) is 5.75 Å². The second-order valence-corrected chi connectivity index (χ2v) is 2.75. The summed E-state index contributed by atoms with van der Waals surface area (Å²) in [6.07, 6.45) is -0.573. The van der Waals surface area contributed by atoms with Gasteiger partial charge in [0.1, 0.15) is 5.75 Å². The maximum Gasteiger partial charge on any atom is 0.119 e. The number of nitrogens with two attached hydrogens (primary N) is 1. The Labute approximate surface area is 91.9 Å². The van der Waals surface area contributed by atoms with Crippen molar-refractivity contribution in [1.29, 1.82) is 0 Å². The van der Waals surface area contributed by atoms with E-state index in [1.165, 1.54) is 0 Å². The maximum absolute atomic E-state index is 9.38. The van der Waals surface area contributed by atoms with Gasteiger partial charge in [-0.1, -0.05) is 26.0 Å². The summed E-state index contributed by atoms with van der Waals surface area (Å²) < 4.78 is 5.26. The molecule has 0 amide bonds. The lowest BCUT2D eigenvalue weighted by Crippen LogP contribution is -2.11. The average Bonchev–Trinajstić information content (AvgIpc) is 2.32. The Morgan fingerprint density at radius 3 is 2.20 bits per heavy atom. The molecular formula is C12H21NO2. The van der Waals surface area contributed by atoms with E-state index in [4.69, 9.17) is 10.5 Å². The molecular weight excluding hydrogens is 190 g/mol. The number of hydrogen-bond donors (Lipinski definition) is 2. The van der Waals surface area contributed by atoms with Crippen LogP contribution in [0.1, 0.15) is 32.4 Å². The van der Waals surface area contributed by atoms with E-state index in [9.17, 15) is 5.11 Å². The fourth-order valence-corrected chi connectivity index (χ4v) is 1.09. The predicted molar refractivity (Wildman–Crippen MR) is 63.0 cm³/mol. The number of aliphatic hydroxyl groups excluding tert-OH is 1. The molecule has 0 saturated heterocycles. The van der Waals surface area contributed by atoms with Crippen LogP contribution in [0, 0.1) is 0 Å². The van der Waals surface area contributed by atoms with E-state index in [0.717, 1.165) is 11.3 Å². The summed E-state index contributed by atoms with van der Waals surface area (Å²) in [6, 6.07) is 7.31. The van der Waals surface area contributed by atoms with Crippen LogP contribution in [-0.2, 0) is 0 Å². The van der Waals surface area contributed by atoms with Crippen molar-refractivity contribution in [1.82, 2.24) is 0 Å². The molecule has 1 aromatic carbocycles. The molecule has 0 saturated carbocycles. The summed E-state index contributed by atoms with van der Waals surface area (Å²) in [6.45, 7) is 6.83. The van der Waals surface area contributed by atoms with Crippen LogP contribution in [0.5, 0.6) is 5.75 Å². The minimum absolute atomic E-state index is 0.244. The molecule has 3 heteroatoms. The van der Waals surface area contributed by atoms with Crippen LogP contribution in [-0.4, -0.2) is 18.3 Å². The largest absolute Gasteiger partial charge is 0.494 e. The average molecular weight is 211 g/mol. The number of benzene rings is 1. The Kier molecular flexibility index (Phi) is 7.68. The van der Waals surface area contributed by atoms with Gasteiger partial charge in [-0.05, 0) is 24.6 Å². The van der Waals surface area contributed by atoms with E-state index in [2.05, 4.69) is 0 Å². The molecule has 0 aromatic heterocycles. The zero-order valence-corrected chi connectivity index (χ0v) is 9.73. The van der Waals surface area contributed by atoms with Crippen molar-refractivity contribution in [2.45, 2.75) is 26.9 Å². The third-order valence-corrected chi connectivity index (χ3v) is 1.80. The van der Waals surface area contributed by atoms with E-state index < -0.39 is 6.10 Å². The van der Waals surface area contributed by atoms with Crippen molar-refractivity contribution in [3.63, 3.8) is 0 Å². The first-order valence-corrected chi connectivity index (χ1v) is 5.38. The molecule has 0 radical (unpaired) electrons. The summed E-state index contributed by atoms with van der Waals surface area (Å²) in [5.74, 6) is 0.815. The van der Waals surface area contributed by atoms with Gasteiger partial charge < -0.3 is 15.6 Å². The Morgan fingerprint density at radius 1 is 1.27 bits per heavy atom. The SMILES string of the molecule is CC.CCOc1ccc(C(O)CN)cc1. The molecule has 15 heavy (non-hydrogen) atoms. The molecule has 0 bridgehead atoms. The normalized spacial score (nSPS) is 11.3. The van der Waals surface area contributed by atoms with Gasteiger partial charge in [-0.25, -0.2) is 0 Å². The minimum Gasteiger partial charge on any atom is -0.494 e. The van der Waals surface area contributed by atoms with Crippen LogP contribution in [0.25, 0.3) is 0 Å². The van der Waals surface area contributed by atoms with Crippen LogP contribution in [0.3, 0.4) is 0 Å². The van der Waals surface area contributed by atoms with Gasteiger partial charge in [-0.15, -0.1) is 0 Å². The second kappa shape index (κ2) is 8.26. The van der Waals surface area contributed by atoms with Crippen molar-refractivity contribution in [2.24, 2.45) is 5.73 Å². The number of rotatable bonds is 4. The van der Waals surface area contributed by atoms with E-state index >= 15 is 0 Å². The van der Waals surface area contributed by atoms with Crippen molar-refractivity contribution < 1.29 is 9.84 Å². The van der Waals surface area contributed by atoms with Crippen LogP contribution < -0.4 is 10.5 Å². The molecule has 0 fully saturated rings. The molecule has 3 nitrogen and oxygen atoms in total. The second-order valence-electron chi connectivity index (χ2n) is 2.75. The quantitative estimate of drug-likeness (QED) is 0.802. The zero-order valence-electron chi connectivity index (χ0n) is 9.73. The number of hydrogen-bond acceptors (Lipinski definition) is 3. The molecule has 0 aliphatic rings. The predicted octanol–water partition coefficient (Wildman–Crippen LogP) is 2.10. The Morgan fingerprint density at radius 2 is 1.80 bits per heavy atom. The van der Waals surface area contributed by atoms with Gasteiger partial charge >= 0.3 is 0 Å². The monoisotopic (exact) mass is 211 g/mol. The third-order valence-electron chi connectivity index (χ3n) is 1.80. The Hall–Kier alpha value is -1.06. The highest BCUT2D eigenvalue weighted by molar-refractivity contribution is 5.28. The summed E-state index contributed by atoms with van der Waals surface area (Å²) in [5, 5.41) is 9.38. The molecule has 1 unspecified atom stereocenters. The van der Waals surface area contributed by atoms with E-state index in [0.29, 0.717) is 6.61 Å². The van der Waals surface area contributed by atoms with E-state index in [-0.39, 0.29) is 6.54 Å². The highest BCUT2D eigenvalue weighted by Crippen LogP contribution is 2.16. The molecule has 0 heterocycles. The van der Waals surface area contributed by atoms with Crippen LogP contribution in [0.15, 0.2) is 24.3 Å². The minimum atomic E-state index is -0.573. The highest BCUT2D eigenvalue weighted by atomic mass is 16.5. The third kappa shape index (κ3) is 4.81. The van der Waals surface area contributed by atoms with Gasteiger partial charge in [0.15, 0.2) is 0 Å². The summed E-state index contributed by atoms with van der Waals surface area (Å²) in [4.78, 5) is 0. The first kappa shape index (κ1) is 13.9. The van der Waals surface area contributed by atoms with Gasteiger partial charge in [0.05, 0.1) is 12.7 Å². The lowest BCUT2D eigenvalue weighted by Gasteiger charge is -2.08. The molecule has 1 rings (SSSR count). The van der Waals surface area contributed by atoms with Crippen LogP contribution in [0.4, 0.5) is 0 Å². The standard InChI is InChI=1S/C10H15NO2.C2H6/c1-2-13-9-5-3-8(4-6-9)10(12)7-11;1-2/h3-6,10,12H,2,7,11H2,1H3;1-2H3. The van der Waals surface area contributed by atoms with Gasteiger partial charge in [-0.3, -0.25) is 0 Å². The van der Waals surface area contributed by atoms with E-state index in [1.807, 2.05) is 45.0 Å². The lowest BCUT2D eigenvalue weighted by molar-refractivity contribution is 0.186. The Balaban J connectivity index is 0.000000921.